The van der Waals surface area contributed by atoms with Gasteiger partial charge in [0.05, 0.1) is 25.4 Å². The van der Waals surface area contributed by atoms with Gasteiger partial charge in [-0.3, -0.25) is 4.68 Å². The Morgan fingerprint density at radius 1 is 1.30 bits per heavy atom. The molecule has 0 radical (unpaired) electrons. The Hall–Kier alpha value is -0.950. The first kappa shape index (κ1) is 16.9. The fraction of sp³-hybridized carbons (Fsp3) is 0.824. The lowest BCUT2D eigenvalue weighted by molar-refractivity contribution is -0.0276. The van der Waals surface area contributed by atoms with E-state index >= 15 is 0 Å². The summed E-state index contributed by atoms with van der Waals surface area (Å²) >= 11 is 0. The van der Waals surface area contributed by atoms with E-state index in [-0.39, 0.29) is 6.10 Å². The number of β-amino-alcohol motifs (C(OH)–C–C–N with tert-alkyl or cyclic N) is 1. The van der Waals surface area contributed by atoms with Gasteiger partial charge >= 0.3 is 0 Å². The molecule has 2 saturated heterocycles. The molecule has 130 valence electrons. The molecule has 0 bridgehead atoms. The van der Waals surface area contributed by atoms with Crippen LogP contribution in [0.4, 0.5) is 0 Å². The normalized spacial score (nSPS) is 25.0. The Morgan fingerprint density at radius 3 is 2.87 bits per heavy atom. The van der Waals surface area contributed by atoms with Crippen molar-refractivity contribution < 1.29 is 14.6 Å². The minimum absolute atomic E-state index is 0.236. The average Bonchev–Trinajstić information content (AvgIpc) is 3.23. The van der Waals surface area contributed by atoms with E-state index < -0.39 is 6.10 Å². The third-order valence-corrected chi connectivity index (χ3v) is 4.82. The summed E-state index contributed by atoms with van der Waals surface area (Å²) in [4.78, 5) is 2.35. The van der Waals surface area contributed by atoms with Crippen LogP contribution < -0.4 is 0 Å². The number of hydrogen-bond donors (Lipinski definition) is 1. The second-order valence-corrected chi connectivity index (χ2v) is 6.80. The smallest absolute Gasteiger partial charge is 0.0900 e. The van der Waals surface area contributed by atoms with Crippen molar-refractivity contribution in [2.45, 2.75) is 44.4 Å². The number of ether oxygens (including phenoxy) is 2. The summed E-state index contributed by atoms with van der Waals surface area (Å²) in [6, 6.07) is 1.97. The minimum atomic E-state index is -0.404. The van der Waals surface area contributed by atoms with Crippen LogP contribution in [0.1, 0.15) is 25.7 Å². The van der Waals surface area contributed by atoms with E-state index in [2.05, 4.69) is 10.00 Å². The molecule has 0 aromatic carbocycles. The van der Waals surface area contributed by atoms with Gasteiger partial charge in [0.25, 0.3) is 0 Å². The van der Waals surface area contributed by atoms with Crippen LogP contribution in [-0.4, -0.2) is 71.4 Å². The number of aliphatic hydroxyl groups excluding tert-OH is 1. The van der Waals surface area contributed by atoms with Gasteiger partial charge < -0.3 is 19.5 Å². The quantitative estimate of drug-likeness (QED) is 0.778. The number of rotatable bonds is 8. The van der Waals surface area contributed by atoms with Gasteiger partial charge in [-0.1, -0.05) is 0 Å². The van der Waals surface area contributed by atoms with E-state index in [9.17, 15) is 5.11 Å². The second-order valence-electron chi connectivity index (χ2n) is 6.80. The summed E-state index contributed by atoms with van der Waals surface area (Å²) in [7, 11) is 0. The zero-order valence-corrected chi connectivity index (χ0v) is 13.8. The van der Waals surface area contributed by atoms with Crippen LogP contribution in [0.25, 0.3) is 0 Å². The summed E-state index contributed by atoms with van der Waals surface area (Å²) in [6.07, 6.45) is 8.25. The highest BCUT2D eigenvalue weighted by Gasteiger charge is 2.22. The van der Waals surface area contributed by atoms with E-state index in [1.165, 1.54) is 12.8 Å². The molecule has 2 aliphatic heterocycles. The molecule has 23 heavy (non-hydrogen) atoms. The predicted octanol–water partition coefficient (Wildman–Crippen LogP) is 1.15. The Kier molecular flexibility index (Phi) is 6.45. The van der Waals surface area contributed by atoms with Crippen molar-refractivity contribution in [2.75, 3.05) is 39.5 Å². The zero-order valence-electron chi connectivity index (χ0n) is 13.8. The van der Waals surface area contributed by atoms with Crippen molar-refractivity contribution in [1.82, 2.24) is 14.7 Å². The van der Waals surface area contributed by atoms with Crippen LogP contribution in [0.3, 0.4) is 0 Å². The third kappa shape index (κ3) is 5.57. The summed E-state index contributed by atoms with van der Waals surface area (Å²) in [5, 5.41) is 14.4. The maximum Gasteiger partial charge on any atom is 0.0900 e. The van der Waals surface area contributed by atoms with Crippen molar-refractivity contribution >= 4 is 0 Å². The molecule has 0 unspecified atom stereocenters. The molecule has 6 heteroatoms. The van der Waals surface area contributed by atoms with Gasteiger partial charge in [-0.15, -0.1) is 0 Å². The molecule has 3 rings (SSSR count). The molecule has 1 aromatic rings. The van der Waals surface area contributed by atoms with Crippen molar-refractivity contribution in [1.29, 1.82) is 0 Å². The van der Waals surface area contributed by atoms with Crippen molar-refractivity contribution in [3.05, 3.63) is 18.5 Å². The first-order valence-electron chi connectivity index (χ1n) is 8.87. The summed E-state index contributed by atoms with van der Waals surface area (Å²) in [5.74, 6) is 0.694. The van der Waals surface area contributed by atoms with Crippen LogP contribution in [0.15, 0.2) is 18.5 Å². The molecule has 2 fully saturated rings. The van der Waals surface area contributed by atoms with Gasteiger partial charge in [0.15, 0.2) is 0 Å². The maximum absolute atomic E-state index is 10.1. The van der Waals surface area contributed by atoms with E-state index in [4.69, 9.17) is 9.47 Å². The van der Waals surface area contributed by atoms with Gasteiger partial charge in [-0.05, 0) is 50.8 Å². The Labute approximate surface area is 138 Å². The number of hydrogen-bond acceptors (Lipinski definition) is 5. The van der Waals surface area contributed by atoms with Crippen LogP contribution >= 0.6 is 0 Å². The maximum atomic E-state index is 10.1. The van der Waals surface area contributed by atoms with Gasteiger partial charge in [0.1, 0.15) is 0 Å². The van der Waals surface area contributed by atoms with Crippen LogP contribution in [0, 0.1) is 5.92 Å². The van der Waals surface area contributed by atoms with Crippen LogP contribution in [0.2, 0.25) is 0 Å². The highest BCUT2D eigenvalue weighted by Crippen LogP contribution is 2.19. The fourth-order valence-corrected chi connectivity index (χ4v) is 3.49. The summed E-state index contributed by atoms with van der Waals surface area (Å²) < 4.78 is 13.1. The molecule has 2 atom stereocenters. The molecular formula is C17H29N3O3. The Morgan fingerprint density at radius 2 is 2.17 bits per heavy atom. The summed E-state index contributed by atoms with van der Waals surface area (Å²) in [6.45, 7) is 5.69. The average molecular weight is 323 g/mol. The van der Waals surface area contributed by atoms with Crippen molar-refractivity contribution in [2.24, 2.45) is 5.92 Å². The minimum Gasteiger partial charge on any atom is -0.389 e. The number of aromatic nitrogens is 2. The molecule has 3 heterocycles. The van der Waals surface area contributed by atoms with Crippen LogP contribution in [-0.2, 0) is 16.0 Å². The van der Waals surface area contributed by atoms with Gasteiger partial charge in [0, 0.05) is 32.1 Å². The van der Waals surface area contributed by atoms with E-state index in [1.54, 1.807) is 0 Å². The lowest BCUT2D eigenvalue weighted by atomic mass is 9.96. The molecule has 0 amide bonds. The SMILES string of the molecule is O[C@@H](COC[C@@H]1CCCO1)CN1CCC(Cn2cccn2)CC1. The van der Waals surface area contributed by atoms with E-state index in [0.717, 1.165) is 39.1 Å². The molecule has 1 N–H and O–H groups in total. The summed E-state index contributed by atoms with van der Waals surface area (Å²) in [5.41, 5.74) is 0. The molecule has 0 saturated carbocycles. The number of nitrogens with zero attached hydrogens (tertiary/aromatic N) is 3. The highest BCUT2D eigenvalue weighted by atomic mass is 16.5. The lowest BCUT2D eigenvalue weighted by Crippen LogP contribution is -2.41. The van der Waals surface area contributed by atoms with Crippen LogP contribution in [0.5, 0.6) is 0 Å². The first-order chi connectivity index (χ1) is 11.3. The molecule has 0 spiro atoms. The molecule has 0 aliphatic carbocycles. The highest BCUT2D eigenvalue weighted by molar-refractivity contribution is 4.80. The molecule has 1 aromatic heterocycles. The van der Waals surface area contributed by atoms with Gasteiger partial charge in [-0.25, -0.2) is 0 Å². The van der Waals surface area contributed by atoms with E-state index in [0.29, 0.717) is 25.7 Å². The van der Waals surface area contributed by atoms with Crippen molar-refractivity contribution in [3.63, 3.8) is 0 Å². The molecule has 2 aliphatic rings. The third-order valence-electron chi connectivity index (χ3n) is 4.82. The standard InChI is InChI=1S/C17H29N3O3/c21-16(13-22-14-17-3-1-10-23-17)12-19-8-4-15(5-9-19)11-20-7-2-6-18-20/h2,6-7,15-17,21H,1,3-5,8-14H2/t16-,17+/m1/s1. The van der Waals surface area contributed by atoms with Gasteiger partial charge in [-0.2, -0.15) is 5.10 Å². The monoisotopic (exact) mass is 323 g/mol. The van der Waals surface area contributed by atoms with E-state index in [1.807, 2.05) is 23.1 Å². The Balaban J connectivity index is 1.27. The first-order valence-corrected chi connectivity index (χ1v) is 8.87. The largest absolute Gasteiger partial charge is 0.389 e. The number of likely N-dealkylation sites (tertiary alicyclic amines) is 1. The molecular weight excluding hydrogens is 294 g/mol. The lowest BCUT2D eigenvalue weighted by Gasteiger charge is -2.33. The topological polar surface area (TPSA) is 59.8 Å². The second kappa shape index (κ2) is 8.78. The number of piperidine rings is 1. The number of aliphatic hydroxyl groups is 1. The fourth-order valence-electron chi connectivity index (χ4n) is 3.49. The zero-order chi connectivity index (χ0) is 15.9. The molecule has 6 nitrogen and oxygen atoms in total. The Bertz CT molecular complexity index is 426. The predicted molar refractivity (Wildman–Crippen MR) is 87.2 cm³/mol. The van der Waals surface area contributed by atoms with Gasteiger partial charge in [0.2, 0.25) is 0 Å². The van der Waals surface area contributed by atoms with Crippen molar-refractivity contribution in [3.8, 4) is 0 Å².